The van der Waals surface area contributed by atoms with Crippen LogP contribution in [0.4, 0.5) is 0 Å². The second-order valence-electron chi connectivity index (χ2n) is 6.91. The molecule has 1 aliphatic rings. The van der Waals surface area contributed by atoms with Gasteiger partial charge in [0.2, 0.25) is 0 Å². The van der Waals surface area contributed by atoms with Crippen LogP contribution in [0.1, 0.15) is 68.2 Å². The van der Waals surface area contributed by atoms with E-state index < -0.39 is 8.07 Å². The van der Waals surface area contributed by atoms with Crippen molar-refractivity contribution in [2.24, 2.45) is 0 Å². The van der Waals surface area contributed by atoms with E-state index in [0.29, 0.717) is 10.1 Å². The van der Waals surface area contributed by atoms with Crippen LogP contribution < -0.4 is 0 Å². The third-order valence-corrected chi connectivity index (χ3v) is 11.5. The molecule has 0 saturated carbocycles. The Morgan fingerprint density at radius 1 is 0.733 bits per heavy atom. The summed E-state index contributed by atoms with van der Waals surface area (Å²) in [5, 5.41) is 4.76. The Hall–Kier alpha value is -0.0431. The zero-order valence-electron chi connectivity index (χ0n) is 11.9. The van der Waals surface area contributed by atoms with Gasteiger partial charge < -0.3 is 0 Å². The zero-order chi connectivity index (χ0) is 12.1. The van der Waals surface area contributed by atoms with E-state index in [1.54, 1.807) is 0 Å². The number of rotatable bonds is 2. The highest BCUT2D eigenvalue weighted by Gasteiger charge is 2.65. The summed E-state index contributed by atoms with van der Waals surface area (Å²) in [5.74, 6) is 0. The van der Waals surface area contributed by atoms with Crippen molar-refractivity contribution in [2.45, 2.75) is 78.3 Å². The fourth-order valence-corrected chi connectivity index (χ4v) is 12.7. The van der Waals surface area contributed by atoms with Gasteiger partial charge >= 0.3 is 0 Å². The second-order valence-corrected chi connectivity index (χ2v) is 12.6. The molecule has 1 heterocycles. The minimum absolute atomic E-state index is 0.502. The van der Waals surface area contributed by atoms with Gasteiger partial charge in [0.1, 0.15) is 8.07 Å². The molecule has 0 radical (unpaired) electrons. The summed E-state index contributed by atoms with van der Waals surface area (Å²) in [6.45, 7) is 19.5. The highest BCUT2D eigenvalue weighted by atomic mass is 28.3. The molecule has 15 heavy (non-hydrogen) atoms. The molecule has 0 amide bonds. The van der Waals surface area contributed by atoms with Crippen molar-refractivity contribution in [1.29, 1.82) is 0 Å². The lowest BCUT2D eigenvalue weighted by molar-refractivity contribution is 0.636. The molecule has 1 aliphatic heterocycles. The predicted molar refractivity (Wildman–Crippen MR) is 72.8 cm³/mol. The molecule has 0 spiro atoms. The maximum atomic E-state index is 2.46. The molecule has 0 aliphatic carbocycles. The van der Waals surface area contributed by atoms with Crippen molar-refractivity contribution in [3.05, 3.63) is 10.4 Å². The van der Waals surface area contributed by atoms with Gasteiger partial charge in [-0.15, -0.1) is 0 Å². The Kier molecular flexibility index (Phi) is 3.02. The maximum absolute atomic E-state index is 2.46. The molecule has 0 unspecified atom stereocenters. The van der Waals surface area contributed by atoms with Crippen LogP contribution in [0.3, 0.4) is 0 Å². The molecule has 1 rings (SSSR count). The molecule has 0 fully saturated rings. The van der Waals surface area contributed by atoms with Gasteiger partial charge in [-0.05, 0) is 22.9 Å². The summed E-state index contributed by atoms with van der Waals surface area (Å²) in [6.07, 6.45) is 2.59. The molecule has 0 aromatic carbocycles. The van der Waals surface area contributed by atoms with Crippen LogP contribution in [0.2, 0.25) is 10.1 Å². The van der Waals surface area contributed by atoms with Crippen molar-refractivity contribution in [1.82, 2.24) is 0 Å². The molecule has 0 nitrogen and oxygen atoms in total. The standard InChI is InChI=1S/C14H28Si/c1-9-11-12(10-2)15(11,13(3,4)5)14(6,7)8/h9-10H2,1-8H3. The minimum atomic E-state index is -1.28. The van der Waals surface area contributed by atoms with Crippen LogP contribution in [0.15, 0.2) is 10.4 Å². The molecule has 0 aromatic heterocycles. The normalized spacial score (nSPS) is 20.8. The van der Waals surface area contributed by atoms with Crippen LogP contribution >= 0.6 is 0 Å². The van der Waals surface area contributed by atoms with Gasteiger partial charge in [0, 0.05) is 0 Å². The van der Waals surface area contributed by atoms with Gasteiger partial charge in [-0.25, -0.2) is 0 Å². The summed E-state index contributed by atoms with van der Waals surface area (Å²) in [4.78, 5) is 0. The first-order valence-electron chi connectivity index (χ1n) is 6.37. The third kappa shape index (κ3) is 1.54. The first-order chi connectivity index (χ1) is 6.64. The van der Waals surface area contributed by atoms with Gasteiger partial charge in [0.25, 0.3) is 0 Å². The summed E-state index contributed by atoms with van der Waals surface area (Å²) < 4.78 is 0. The van der Waals surface area contributed by atoms with Crippen LogP contribution in [-0.4, -0.2) is 8.07 Å². The van der Waals surface area contributed by atoms with Gasteiger partial charge in [-0.1, -0.05) is 65.8 Å². The topological polar surface area (TPSA) is 0 Å². The zero-order valence-corrected chi connectivity index (χ0v) is 12.9. The number of allylic oxidation sites excluding steroid dienone is 2. The average Bonchev–Trinajstić information content (AvgIpc) is 2.70. The Balaban J connectivity index is 3.18. The smallest absolute Gasteiger partial charge is 0.0794 e. The molecule has 0 atom stereocenters. The Labute approximate surface area is 97.2 Å². The van der Waals surface area contributed by atoms with Gasteiger partial charge in [0.15, 0.2) is 0 Å². The fraction of sp³-hybridized carbons (Fsp3) is 0.857. The lowest BCUT2D eigenvalue weighted by Gasteiger charge is -2.43. The second kappa shape index (κ2) is 3.48. The van der Waals surface area contributed by atoms with Crippen molar-refractivity contribution >= 4 is 8.07 Å². The predicted octanol–water partition coefficient (Wildman–Crippen LogP) is 5.24. The largest absolute Gasteiger partial charge is 0.118 e. The van der Waals surface area contributed by atoms with E-state index in [4.69, 9.17) is 0 Å². The summed E-state index contributed by atoms with van der Waals surface area (Å²) in [7, 11) is -1.28. The fourth-order valence-electron chi connectivity index (χ4n) is 4.28. The molecule has 0 saturated heterocycles. The molecule has 0 N–H and O–H groups in total. The van der Waals surface area contributed by atoms with Crippen LogP contribution in [0.5, 0.6) is 0 Å². The number of hydrogen-bond acceptors (Lipinski definition) is 0. The van der Waals surface area contributed by atoms with Crippen molar-refractivity contribution in [3.8, 4) is 0 Å². The Morgan fingerprint density at radius 2 is 1.00 bits per heavy atom. The van der Waals surface area contributed by atoms with Crippen molar-refractivity contribution in [2.75, 3.05) is 0 Å². The first kappa shape index (κ1) is 13.0. The van der Waals surface area contributed by atoms with Crippen molar-refractivity contribution in [3.63, 3.8) is 0 Å². The van der Waals surface area contributed by atoms with Gasteiger partial charge in [0.05, 0.1) is 0 Å². The number of hydrogen-bond donors (Lipinski definition) is 0. The van der Waals surface area contributed by atoms with E-state index in [1.807, 2.05) is 10.4 Å². The molecule has 0 bridgehead atoms. The van der Waals surface area contributed by atoms with E-state index in [-0.39, 0.29) is 0 Å². The van der Waals surface area contributed by atoms with E-state index in [0.717, 1.165) is 0 Å². The molecule has 0 aromatic rings. The van der Waals surface area contributed by atoms with Crippen LogP contribution in [-0.2, 0) is 0 Å². The van der Waals surface area contributed by atoms with Crippen LogP contribution in [0.25, 0.3) is 0 Å². The highest BCUT2D eigenvalue weighted by Crippen LogP contribution is 2.68. The summed E-state index contributed by atoms with van der Waals surface area (Å²) in [6, 6.07) is 0. The Bertz CT molecular complexity index is 253. The molecular formula is C14H28Si. The van der Waals surface area contributed by atoms with Crippen molar-refractivity contribution < 1.29 is 0 Å². The summed E-state index contributed by atoms with van der Waals surface area (Å²) >= 11 is 0. The van der Waals surface area contributed by atoms with E-state index in [9.17, 15) is 0 Å². The van der Waals surface area contributed by atoms with Gasteiger partial charge in [-0.3, -0.25) is 0 Å². The Morgan fingerprint density at radius 3 is 1.07 bits per heavy atom. The van der Waals surface area contributed by atoms with Crippen LogP contribution in [0, 0.1) is 0 Å². The van der Waals surface area contributed by atoms with E-state index in [2.05, 4.69) is 55.4 Å². The highest BCUT2D eigenvalue weighted by molar-refractivity contribution is 7.06. The van der Waals surface area contributed by atoms with E-state index in [1.165, 1.54) is 12.8 Å². The average molecular weight is 224 g/mol. The summed E-state index contributed by atoms with van der Waals surface area (Å²) in [5.41, 5.74) is 0. The first-order valence-corrected chi connectivity index (χ1v) is 8.37. The molecule has 1 heteroatoms. The third-order valence-electron chi connectivity index (χ3n) is 4.16. The van der Waals surface area contributed by atoms with Gasteiger partial charge in [-0.2, -0.15) is 0 Å². The molecular weight excluding hydrogens is 196 g/mol. The lowest BCUT2D eigenvalue weighted by Crippen LogP contribution is -2.43. The maximum Gasteiger partial charge on any atom is 0.118 e. The molecule has 88 valence electrons. The quantitative estimate of drug-likeness (QED) is 0.562. The monoisotopic (exact) mass is 224 g/mol. The lowest BCUT2D eigenvalue weighted by atomic mass is 10.2. The van der Waals surface area contributed by atoms with E-state index >= 15 is 0 Å². The minimum Gasteiger partial charge on any atom is -0.0794 e. The SMILES string of the molecule is CCC1=C(CC)[Si]1(C(C)(C)C)C(C)(C)C.